The Bertz CT molecular complexity index is 991. The number of alkyl halides is 2. The van der Waals surface area contributed by atoms with Gasteiger partial charge in [-0.1, -0.05) is 13.3 Å². The lowest BCUT2D eigenvalue weighted by atomic mass is 10.0. The molecule has 0 saturated carbocycles. The van der Waals surface area contributed by atoms with Crippen LogP contribution in [0.3, 0.4) is 0 Å². The van der Waals surface area contributed by atoms with Crippen LogP contribution in [-0.2, 0) is 11.3 Å². The molecule has 2 aromatic heterocycles. The van der Waals surface area contributed by atoms with Crippen LogP contribution in [0.25, 0.3) is 5.82 Å². The Morgan fingerprint density at radius 1 is 1.32 bits per heavy atom. The van der Waals surface area contributed by atoms with Crippen LogP contribution in [0, 0.1) is 5.21 Å². The van der Waals surface area contributed by atoms with E-state index in [-0.39, 0.29) is 43.7 Å². The molecule has 10 nitrogen and oxygen atoms in total. The lowest BCUT2D eigenvalue weighted by molar-refractivity contribution is -0.793. The van der Waals surface area contributed by atoms with E-state index >= 15 is 0 Å². The Kier molecular flexibility index (Phi) is 8.42. The standard InChI is InChI=1S/C22H30F2N6O4/c1-2-3-6-17(18(31)19(25)32)30(34)21(33)16-5-4-10-26-20(16)29-11-7-15(27-29)14-28-12-8-22(23,24)9-13-28/h4-5,7,10-11,17-18,30-31H,2-3,6,8-9,12-14H2,1H3,(H2,25,32). The SMILES string of the molecule is CCCCC(C(O)C(N)=O)[NH+]([O-])C(=O)c1cccnc1-n1ccc(CN2CCC(F)(F)CC2)n1. The second-order valence-corrected chi connectivity index (χ2v) is 8.55. The number of carbonyl (C=O) groups excluding carboxylic acids is 2. The van der Waals surface area contributed by atoms with Crippen molar-refractivity contribution in [3.8, 4) is 5.82 Å². The quantitative estimate of drug-likeness (QED) is 0.419. The minimum absolute atomic E-state index is 0.0297. The van der Waals surface area contributed by atoms with Crippen LogP contribution < -0.4 is 10.8 Å². The number of amides is 2. The van der Waals surface area contributed by atoms with Crippen LogP contribution >= 0.6 is 0 Å². The molecule has 1 aliphatic heterocycles. The molecule has 1 saturated heterocycles. The number of quaternary nitrogens is 1. The first-order chi connectivity index (χ1) is 16.1. The first-order valence-corrected chi connectivity index (χ1v) is 11.3. The van der Waals surface area contributed by atoms with Gasteiger partial charge in [0.05, 0.1) is 5.69 Å². The van der Waals surface area contributed by atoms with E-state index in [9.17, 15) is 28.7 Å². The number of nitrogens with two attached hydrogens (primary N) is 1. The maximum atomic E-state index is 13.4. The number of primary amides is 1. The lowest BCUT2D eigenvalue weighted by Gasteiger charge is -2.31. The summed E-state index contributed by atoms with van der Waals surface area (Å²) < 4.78 is 28.1. The number of unbranched alkanes of at least 4 members (excludes halogenated alkanes) is 1. The minimum atomic E-state index is -2.64. The molecule has 3 heterocycles. The van der Waals surface area contributed by atoms with Crippen LogP contribution in [0.5, 0.6) is 0 Å². The normalized spacial score (nSPS) is 18.9. The van der Waals surface area contributed by atoms with Crippen molar-refractivity contribution < 1.29 is 28.5 Å². The Hall–Kier alpha value is -2.80. The number of aromatic nitrogens is 3. The number of hydrogen-bond acceptors (Lipinski definition) is 7. The Balaban J connectivity index is 1.79. The van der Waals surface area contributed by atoms with E-state index in [1.807, 2.05) is 11.8 Å². The smallest absolute Gasteiger partial charge is 0.348 e. The Morgan fingerprint density at radius 2 is 2.03 bits per heavy atom. The number of halogens is 2. The van der Waals surface area contributed by atoms with Gasteiger partial charge in [0.15, 0.2) is 11.9 Å². The number of rotatable bonds is 10. The molecule has 2 amide bonds. The molecular formula is C22H30F2N6O4. The fourth-order valence-electron chi connectivity index (χ4n) is 3.94. The molecule has 1 fully saturated rings. The lowest BCUT2D eigenvalue weighted by Crippen LogP contribution is -3.15. The number of piperidine rings is 1. The van der Waals surface area contributed by atoms with Crippen molar-refractivity contribution in [1.82, 2.24) is 19.7 Å². The monoisotopic (exact) mass is 480 g/mol. The van der Waals surface area contributed by atoms with Crippen molar-refractivity contribution in [2.45, 2.75) is 63.6 Å². The molecule has 0 bridgehead atoms. The summed E-state index contributed by atoms with van der Waals surface area (Å²) in [6.07, 6.45) is 2.21. The molecule has 0 aromatic carbocycles. The van der Waals surface area contributed by atoms with Gasteiger partial charge in [0, 0.05) is 51.3 Å². The van der Waals surface area contributed by atoms with Gasteiger partial charge in [0.25, 0.3) is 11.8 Å². The topological polar surface area (TPSA) is 142 Å². The fraction of sp³-hybridized carbons (Fsp3) is 0.545. The summed E-state index contributed by atoms with van der Waals surface area (Å²) in [5.74, 6) is -4.50. The van der Waals surface area contributed by atoms with Crippen molar-refractivity contribution in [3.63, 3.8) is 0 Å². The minimum Gasteiger partial charge on any atom is -0.626 e. The van der Waals surface area contributed by atoms with Gasteiger partial charge in [-0.2, -0.15) is 5.10 Å². The van der Waals surface area contributed by atoms with Gasteiger partial charge in [-0.15, -0.1) is 0 Å². The number of likely N-dealkylation sites (tertiary alicyclic amines) is 1. The van der Waals surface area contributed by atoms with Crippen LogP contribution in [0.2, 0.25) is 0 Å². The molecule has 3 atom stereocenters. The van der Waals surface area contributed by atoms with E-state index in [1.54, 1.807) is 12.3 Å². The van der Waals surface area contributed by atoms with Crippen LogP contribution in [0.4, 0.5) is 8.78 Å². The number of hydroxylamine groups is 2. The van der Waals surface area contributed by atoms with Crippen molar-refractivity contribution in [2.75, 3.05) is 13.1 Å². The van der Waals surface area contributed by atoms with Gasteiger partial charge in [-0.3, -0.25) is 14.8 Å². The number of aliphatic hydroxyl groups excluding tert-OH is 1. The molecule has 0 aliphatic carbocycles. The third kappa shape index (κ3) is 6.20. The molecule has 3 unspecified atom stereocenters. The summed E-state index contributed by atoms with van der Waals surface area (Å²) in [6.45, 7) is 2.75. The van der Waals surface area contributed by atoms with E-state index in [4.69, 9.17) is 5.73 Å². The second kappa shape index (κ2) is 11.1. The molecule has 1 aliphatic rings. The number of pyridine rings is 1. The summed E-state index contributed by atoms with van der Waals surface area (Å²) in [7, 11) is 0. The molecule has 186 valence electrons. The Labute approximate surface area is 195 Å². The van der Waals surface area contributed by atoms with Gasteiger partial charge < -0.3 is 16.0 Å². The van der Waals surface area contributed by atoms with E-state index in [1.165, 1.54) is 23.0 Å². The average molecular weight is 481 g/mol. The van der Waals surface area contributed by atoms with Crippen LogP contribution in [0.1, 0.15) is 55.1 Å². The number of aliphatic hydroxyl groups is 1. The molecule has 0 spiro atoms. The number of nitrogens with one attached hydrogen (secondary N) is 1. The van der Waals surface area contributed by atoms with E-state index in [0.717, 1.165) is 0 Å². The third-order valence-corrected chi connectivity index (χ3v) is 5.97. The number of carbonyl (C=O) groups is 2. The van der Waals surface area contributed by atoms with Crippen molar-refractivity contribution in [1.29, 1.82) is 0 Å². The van der Waals surface area contributed by atoms with E-state index in [0.29, 0.717) is 25.1 Å². The average Bonchev–Trinajstić information content (AvgIpc) is 3.28. The molecule has 12 heteroatoms. The fourth-order valence-corrected chi connectivity index (χ4v) is 3.94. The van der Waals surface area contributed by atoms with E-state index in [2.05, 4.69) is 10.1 Å². The molecule has 34 heavy (non-hydrogen) atoms. The third-order valence-electron chi connectivity index (χ3n) is 5.97. The summed E-state index contributed by atoms with van der Waals surface area (Å²) >= 11 is 0. The van der Waals surface area contributed by atoms with Gasteiger partial charge in [0.1, 0.15) is 11.6 Å². The predicted octanol–water partition coefficient (Wildman–Crippen LogP) is 0.426. The van der Waals surface area contributed by atoms with Gasteiger partial charge in [-0.25, -0.2) is 23.2 Å². The maximum Gasteiger partial charge on any atom is 0.348 e. The number of hydrogen-bond donors (Lipinski definition) is 3. The van der Waals surface area contributed by atoms with E-state index < -0.39 is 34.9 Å². The molecular weight excluding hydrogens is 450 g/mol. The number of nitrogens with zero attached hydrogens (tertiary/aromatic N) is 4. The van der Waals surface area contributed by atoms with Gasteiger partial charge in [0.2, 0.25) is 0 Å². The highest BCUT2D eigenvalue weighted by atomic mass is 19.3. The second-order valence-electron chi connectivity index (χ2n) is 8.55. The summed E-state index contributed by atoms with van der Waals surface area (Å²) in [6, 6.07) is 3.36. The summed E-state index contributed by atoms with van der Waals surface area (Å²) in [5, 5.41) is 26.6. The highest BCUT2D eigenvalue weighted by Crippen LogP contribution is 2.28. The van der Waals surface area contributed by atoms with Crippen molar-refractivity contribution in [3.05, 3.63) is 47.1 Å². The maximum absolute atomic E-state index is 13.4. The first kappa shape index (κ1) is 25.8. The highest BCUT2D eigenvalue weighted by molar-refractivity contribution is 5.91. The zero-order chi connectivity index (χ0) is 24.9. The largest absolute Gasteiger partial charge is 0.626 e. The molecule has 3 rings (SSSR count). The van der Waals surface area contributed by atoms with Crippen LogP contribution in [-0.4, -0.2) is 67.7 Å². The zero-order valence-corrected chi connectivity index (χ0v) is 19.0. The predicted molar refractivity (Wildman–Crippen MR) is 118 cm³/mol. The summed E-state index contributed by atoms with van der Waals surface area (Å²) in [4.78, 5) is 30.6. The van der Waals surface area contributed by atoms with Crippen LogP contribution in [0.15, 0.2) is 30.6 Å². The zero-order valence-electron chi connectivity index (χ0n) is 19.0. The first-order valence-electron chi connectivity index (χ1n) is 11.3. The summed E-state index contributed by atoms with van der Waals surface area (Å²) in [5.41, 5.74) is 5.75. The molecule has 4 N–H and O–H groups in total. The van der Waals surface area contributed by atoms with Gasteiger partial charge in [-0.05, 0) is 24.6 Å². The van der Waals surface area contributed by atoms with Gasteiger partial charge >= 0.3 is 5.91 Å². The van der Waals surface area contributed by atoms with Crippen molar-refractivity contribution >= 4 is 11.8 Å². The molecule has 0 radical (unpaired) electrons. The van der Waals surface area contributed by atoms with Crippen molar-refractivity contribution in [2.24, 2.45) is 5.73 Å². The Morgan fingerprint density at radius 3 is 2.68 bits per heavy atom. The molecule has 2 aromatic rings. The highest BCUT2D eigenvalue weighted by Gasteiger charge is 2.35.